The third-order valence-corrected chi connectivity index (χ3v) is 6.60. The number of rotatable bonds is 4. The maximum Gasteiger partial charge on any atom is 0.410 e. The lowest BCUT2D eigenvalue weighted by atomic mass is 9.93. The Labute approximate surface area is 214 Å². The number of ether oxygens (including phenoxy) is 2. The third-order valence-electron chi connectivity index (χ3n) is 6.60. The molecule has 0 aliphatic carbocycles. The van der Waals surface area contributed by atoms with E-state index in [0.717, 1.165) is 5.69 Å². The highest BCUT2D eigenvalue weighted by Gasteiger charge is 2.30. The molecule has 2 fully saturated rings. The number of alkyl halides is 2. The highest BCUT2D eigenvalue weighted by molar-refractivity contribution is 5.77. The SMILES string of the molecule is CC(C)(C)OC(=O)N1CCC(c2cc(N3CCOCC3)nc(-n3c(C(F)F)nc4ccccc43)n2)CC1. The van der Waals surface area contributed by atoms with Crippen LogP contribution in [0, 0.1) is 0 Å². The zero-order valence-electron chi connectivity index (χ0n) is 21.4. The Kier molecular flexibility index (Phi) is 6.98. The lowest BCUT2D eigenvalue weighted by Crippen LogP contribution is -2.41. The number of morpholine rings is 1. The van der Waals surface area contributed by atoms with Gasteiger partial charge in [0.05, 0.1) is 29.9 Å². The number of aromatic nitrogens is 4. The summed E-state index contributed by atoms with van der Waals surface area (Å²) in [7, 11) is 0. The van der Waals surface area contributed by atoms with E-state index in [1.54, 1.807) is 29.2 Å². The second kappa shape index (κ2) is 10.2. The van der Waals surface area contributed by atoms with Crippen LogP contribution in [0.4, 0.5) is 19.4 Å². The van der Waals surface area contributed by atoms with Crippen LogP contribution in [0.3, 0.4) is 0 Å². The average Bonchev–Trinajstić information content (AvgIpc) is 3.28. The second-order valence-corrected chi connectivity index (χ2v) is 10.4. The minimum atomic E-state index is -2.79. The molecule has 1 amide bonds. The van der Waals surface area contributed by atoms with Crippen LogP contribution in [0.5, 0.6) is 0 Å². The fourth-order valence-corrected chi connectivity index (χ4v) is 4.79. The van der Waals surface area contributed by atoms with E-state index >= 15 is 0 Å². The molecule has 5 rings (SSSR count). The van der Waals surface area contributed by atoms with Gasteiger partial charge in [0.1, 0.15) is 11.4 Å². The van der Waals surface area contributed by atoms with Gasteiger partial charge in [0.15, 0.2) is 5.82 Å². The van der Waals surface area contributed by atoms with Crippen LogP contribution in [0.15, 0.2) is 30.3 Å². The van der Waals surface area contributed by atoms with Crippen molar-refractivity contribution in [2.45, 2.75) is 51.6 Å². The first-order valence-corrected chi connectivity index (χ1v) is 12.6. The summed E-state index contributed by atoms with van der Waals surface area (Å²) in [6, 6.07) is 8.96. The highest BCUT2D eigenvalue weighted by Crippen LogP contribution is 2.32. The number of nitrogens with zero attached hydrogens (tertiary/aromatic N) is 6. The number of para-hydroxylation sites is 2. The standard InChI is InChI=1S/C26H32F2N6O3/c1-26(2,3)37-25(35)33-10-8-17(9-11-33)19-16-21(32-12-14-36-15-13-32)31-24(30-19)34-20-7-5-4-6-18(20)29-23(34)22(27)28/h4-7,16-17,22H,8-15H2,1-3H3. The van der Waals surface area contributed by atoms with Crippen LogP contribution in [0.25, 0.3) is 17.0 Å². The van der Waals surface area contributed by atoms with Crippen LogP contribution >= 0.6 is 0 Å². The van der Waals surface area contributed by atoms with E-state index in [2.05, 4.69) is 9.88 Å². The van der Waals surface area contributed by atoms with Gasteiger partial charge in [-0.25, -0.2) is 23.5 Å². The van der Waals surface area contributed by atoms with Crippen LogP contribution < -0.4 is 4.90 Å². The maximum absolute atomic E-state index is 14.1. The number of likely N-dealkylation sites (tertiary alicyclic amines) is 1. The van der Waals surface area contributed by atoms with Gasteiger partial charge >= 0.3 is 6.09 Å². The first-order chi connectivity index (χ1) is 17.7. The molecule has 4 heterocycles. The summed E-state index contributed by atoms with van der Waals surface area (Å²) < 4.78 is 40.6. The molecule has 0 radical (unpaired) electrons. The van der Waals surface area contributed by atoms with Gasteiger partial charge in [-0.05, 0) is 45.7 Å². The summed E-state index contributed by atoms with van der Waals surface area (Å²) in [6.45, 7) is 9.05. The van der Waals surface area contributed by atoms with Gasteiger partial charge in [-0.15, -0.1) is 0 Å². The molecule has 0 unspecified atom stereocenters. The maximum atomic E-state index is 14.1. The van der Waals surface area contributed by atoms with Crippen molar-refractivity contribution < 1.29 is 23.0 Å². The van der Waals surface area contributed by atoms with Crippen molar-refractivity contribution in [1.82, 2.24) is 24.4 Å². The molecule has 0 atom stereocenters. The average molecular weight is 515 g/mol. The quantitative estimate of drug-likeness (QED) is 0.499. The minimum absolute atomic E-state index is 0.0463. The van der Waals surface area contributed by atoms with Crippen molar-refractivity contribution in [3.63, 3.8) is 0 Å². The van der Waals surface area contributed by atoms with Crippen molar-refractivity contribution in [2.75, 3.05) is 44.3 Å². The van der Waals surface area contributed by atoms with Gasteiger partial charge in [0.25, 0.3) is 6.43 Å². The monoisotopic (exact) mass is 514 g/mol. The molecule has 198 valence electrons. The molecule has 2 aliphatic heterocycles. The van der Waals surface area contributed by atoms with E-state index in [1.807, 2.05) is 26.8 Å². The van der Waals surface area contributed by atoms with Gasteiger partial charge in [-0.3, -0.25) is 4.57 Å². The summed E-state index contributed by atoms with van der Waals surface area (Å²) in [5, 5.41) is 0. The Morgan fingerprint density at radius 3 is 2.43 bits per heavy atom. The molecule has 3 aromatic rings. The minimum Gasteiger partial charge on any atom is -0.444 e. The molecule has 2 aromatic heterocycles. The van der Waals surface area contributed by atoms with E-state index in [-0.39, 0.29) is 23.8 Å². The number of halogens is 2. The number of amides is 1. The molecule has 0 N–H and O–H groups in total. The van der Waals surface area contributed by atoms with Crippen molar-refractivity contribution in [1.29, 1.82) is 0 Å². The molecular weight excluding hydrogens is 482 g/mol. The zero-order chi connectivity index (χ0) is 26.2. The number of anilines is 1. The molecule has 0 bridgehead atoms. The molecule has 0 saturated carbocycles. The topological polar surface area (TPSA) is 85.6 Å². The number of carbonyl (C=O) groups excluding carboxylic acids is 1. The zero-order valence-corrected chi connectivity index (χ0v) is 21.4. The van der Waals surface area contributed by atoms with Crippen LogP contribution in [0.1, 0.15) is 57.5 Å². The first-order valence-electron chi connectivity index (χ1n) is 12.6. The van der Waals surface area contributed by atoms with Crippen molar-refractivity contribution in [3.8, 4) is 5.95 Å². The number of fused-ring (bicyclic) bond motifs is 1. The van der Waals surface area contributed by atoms with E-state index < -0.39 is 12.0 Å². The molecule has 2 aliphatic rings. The van der Waals surface area contributed by atoms with Gasteiger partial charge in [0.2, 0.25) is 5.95 Å². The van der Waals surface area contributed by atoms with Gasteiger partial charge < -0.3 is 19.3 Å². The molecule has 37 heavy (non-hydrogen) atoms. The van der Waals surface area contributed by atoms with Gasteiger partial charge in [0, 0.05) is 38.2 Å². The van der Waals surface area contributed by atoms with Crippen molar-refractivity contribution in [3.05, 3.63) is 41.9 Å². The Balaban J connectivity index is 1.50. The number of carbonyl (C=O) groups is 1. The summed E-state index contributed by atoms with van der Waals surface area (Å²) >= 11 is 0. The summed E-state index contributed by atoms with van der Waals surface area (Å²) in [4.78, 5) is 30.0. The largest absolute Gasteiger partial charge is 0.444 e. The third kappa shape index (κ3) is 5.51. The molecule has 1 aromatic carbocycles. The predicted octanol–water partition coefficient (Wildman–Crippen LogP) is 4.70. The van der Waals surface area contributed by atoms with Crippen LogP contribution in [-0.4, -0.2) is 75.5 Å². The van der Waals surface area contributed by atoms with Crippen molar-refractivity contribution >= 4 is 22.9 Å². The van der Waals surface area contributed by atoms with Crippen LogP contribution in [-0.2, 0) is 9.47 Å². The molecule has 9 nitrogen and oxygen atoms in total. The second-order valence-electron chi connectivity index (χ2n) is 10.4. The predicted molar refractivity (Wildman–Crippen MR) is 134 cm³/mol. The Bertz CT molecular complexity index is 1260. The van der Waals surface area contributed by atoms with Crippen LogP contribution in [0.2, 0.25) is 0 Å². The number of piperidine rings is 1. The fourth-order valence-electron chi connectivity index (χ4n) is 4.79. The summed E-state index contributed by atoms with van der Waals surface area (Å²) in [5.74, 6) is 0.518. The Morgan fingerprint density at radius 2 is 1.76 bits per heavy atom. The summed E-state index contributed by atoms with van der Waals surface area (Å²) in [6.07, 6.45) is -1.74. The number of benzene rings is 1. The number of imidazole rings is 1. The number of hydrogen-bond acceptors (Lipinski definition) is 7. The Hall–Kier alpha value is -3.34. The van der Waals surface area contributed by atoms with Crippen molar-refractivity contribution in [2.24, 2.45) is 0 Å². The smallest absolute Gasteiger partial charge is 0.410 e. The molecule has 2 saturated heterocycles. The normalized spacial score (nSPS) is 17.6. The lowest BCUT2D eigenvalue weighted by molar-refractivity contribution is 0.0204. The molecular formula is C26H32F2N6O3. The number of hydrogen-bond donors (Lipinski definition) is 0. The Morgan fingerprint density at radius 1 is 1.05 bits per heavy atom. The molecule has 11 heteroatoms. The first kappa shape index (κ1) is 25.3. The van der Waals surface area contributed by atoms with E-state index in [1.165, 1.54) is 4.57 Å². The van der Waals surface area contributed by atoms with Gasteiger partial charge in [-0.1, -0.05) is 12.1 Å². The highest BCUT2D eigenvalue weighted by atomic mass is 19.3. The fraction of sp³-hybridized carbons (Fsp3) is 0.538. The lowest BCUT2D eigenvalue weighted by Gasteiger charge is -2.34. The van der Waals surface area contributed by atoms with E-state index in [4.69, 9.17) is 19.4 Å². The summed E-state index contributed by atoms with van der Waals surface area (Å²) in [5.41, 5.74) is 1.21. The molecule has 0 spiro atoms. The van der Waals surface area contributed by atoms with E-state index in [9.17, 15) is 13.6 Å². The van der Waals surface area contributed by atoms with E-state index in [0.29, 0.717) is 69.1 Å². The van der Waals surface area contributed by atoms with Gasteiger partial charge in [-0.2, -0.15) is 4.98 Å².